The molecule has 1 atom stereocenters. The van der Waals surface area contributed by atoms with Gasteiger partial charge in [0.1, 0.15) is 11.5 Å². The van der Waals surface area contributed by atoms with E-state index in [1.54, 1.807) is 13.2 Å². The van der Waals surface area contributed by atoms with Crippen LogP contribution in [0.25, 0.3) is 0 Å². The highest BCUT2D eigenvalue weighted by Crippen LogP contribution is 2.38. The molecule has 1 aromatic carbocycles. The van der Waals surface area contributed by atoms with E-state index in [4.69, 9.17) is 9.47 Å². The van der Waals surface area contributed by atoms with Crippen LogP contribution >= 0.6 is 24.0 Å². The van der Waals surface area contributed by atoms with Crippen molar-refractivity contribution in [2.24, 2.45) is 10.4 Å². The number of hydrogen-bond acceptors (Lipinski definition) is 4. The van der Waals surface area contributed by atoms with E-state index < -0.39 is 0 Å². The molecule has 1 spiro atoms. The summed E-state index contributed by atoms with van der Waals surface area (Å²) in [5.74, 6) is 1.88. The minimum atomic E-state index is 0. The lowest BCUT2D eigenvalue weighted by molar-refractivity contribution is 0.156. The van der Waals surface area contributed by atoms with Crippen molar-refractivity contribution in [3.05, 3.63) is 23.8 Å². The maximum Gasteiger partial charge on any atom is 0.193 e. The Morgan fingerprint density at radius 3 is 2.92 bits per heavy atom. The zero-order chi connectivity index (χ0) is 17.0. The summed E-state index contributed by atoms with van der Waals surface area (Å²) in [7, 11) is 3.42. The number of hydrogen-bond donors (Lipinski definition) is 2. The molecule has 0 aromatic heterocycles. The molecular weight excluding hydrogens is 433 g/mol. The lowest BCUT2D eigenvalue weighted by Gasteiger charge is -2.25. The fourth-order valence-electron chi connectivity index (χ4n) is 3.61. The fourth-order valence-corrected chi connectivity index (χ4v) is 3.61. The van der Waals surface area contributed by atoms with Crippen LogP contribution < -0.4 is 10.1 Å². The topological polar surface area (TPSA) is 66.3 Å². The van der Waals surface area contributed by atoms with Crippen LogP contribution in [0, 0.1) is 5.41 Å². The Morgan fingerprint density at radius 1 is 1.44 bits per heavy atom. The van der Waals surface area contributed by atoms with Gasteiger partial charge in [-0.05, 0) is 30.9 Å². The molecule has 2 N–H and O–H groups in total. The Labute approximate surface area is 166 Å². The summed E-state index contributed by atoms with van der Waals surface area (Å²) in [4.78, 5) is 6.74. The standard InChI is InChI=1S/C18H27N3O3.HI/c1-19-17(21-9-6-18(12-21)7-10-24-13-18)20-8-5-14-3-4-15(23-2)11-16(14)22;/h3-4,11,22H,5-10,12-13H2,1-2H3,(H,19,20);1H. The van der Waals surface area contributed by atoms with Gasteiger partial charge in [0.25, 0.3) is 0 Å². The molecule has 6 nitrogen and oxygen atoms in total. The minimum absolute atomic E-state index is 0. The van der Waals surface area contributed by atoms with Crippen LogP contribution in [0.1, 0.15) is 18.4 Å². The molecule has 0 aliphatic carbocycles. The summed E-state index contributed by atoms with van der Waals surface area (Å²) in [6, 6.07) is 5.42. The van der Waals surface area contributed by atoms with E-state index in [1.807, 2.05) is 19.2 Å². The van der Waals surface area contributed by atoms with Crippen molar-refractivity contribution in [1.29, 1.82) is 0 Å². The van der Waals surface area contributed by atoms with Crippen molar-refractivity contribution < 1.29 is 14.6 Å². The number of phenols is 1. The number of phenolic OH excluding ortho intramolecular Hbond substituents is 1. The molecule has 2 fully saturated rings. The Hall–Kier alpha value is -1.22. The van der Waals surface area contributed by atoms with E-state index in [-0.39, 0.29) is 29.7 Å². The van der Waals surface area contributed by atoms with Crippen molar-refractivity contribution >= 4 is 29.9 Å². The van der Waals surface area contributed by atoms with Crippen LogP contribution in [0.2, 0.25) is 0 Å². The van der Waals surface area contributed by atoms with Gasteiger partial charge in [0.05, 0.1) is 13.7 Å². The first-order chi connectivity index (χ1) is 11.7. The lowest BCUT2D eigenvalue weighted by Crippen LogP contribution is -2.42. The molecule has 2 heterocycles. The predicted octanol–water partition coefficient (Wildman–Crippen LogP) is 2.25. The van der Waals surface area contributed by atoms with Crippen LogP contribution in [0.5, 0.6) is 11.5 Å². The van der Waals surface area contributed by atoms with Gasteiger partial charge in [0, 0.05) is 44.8 Å². The number of nitrogens with one attached hydrogen (secondary N) is 1. The monoisotopic (exact) mass is 461 g/mol. The Balaban J connectivity index is 0.00000225. The lowest BCUT2D eigenvalue weighted by atomic mass is 9.87. The molecule has 0 bridgehead atoms. The Kier molecular flexibility index (Phi) is 7.18. The minimum Gasteiger partial charge on any atom is -0.508 e. The highest BCUT2D eigenvalue weighted by atomic mass is 127. The van der Waals surface area contributed by atoms with E-state index in [1.165, 1.54) is 6.42 Å². The first-order valence-electron chi connectivity index (χ1n) is 8.55. The zero-order valence-electron chi connectivity index (χ0n) is 15.0. The molecule has 0 saturated carbocycles. The van der Waals surface area contributed by atoms with Gasteiger partial charge >= 0.3 is 0 Å². The van der Waals surface area contributed by atoms with Crippen LogP contribution in [0.15, 0.2) is 23.2 Å². The van der Waals surface area contributed by atoms with Gasteiger partial charge in [-0.25, -0.2) is 0 Å². The maximum atomic E-state index is 10.0. The van der Waals surface area contributed by atoms with Crippen LogP contribution in [-0.2, 0) is 11.2 Å². The molecule has 3 rings (SSSR count). The van der Waals surface area contributed by atoms with Gasteiger partial charge in [0.15, 0.2) is 5.96 Å². The molecule has 2 saturated heterocycles. The third-order valence-electron chi connectivity index (χ3n) is 5.10. The summed E-state index contributed by atoms with van der Waals surface area (Å²) in [5.41, 5.74) is 1.23. The first-order valence-corrected chi connectivity index (χ1v) is 8.55. The van der Waals surface area contributed by atoms with E-state index >= 15 is 0 Å². The number of aliphatic imine (C=N–C) groups is 1. The number of halogens is 1. The number of likely N-dealkylation sites (tertiary alicyclic amines) is 1. The van der Waals surface area contributed by atoms with E-state index in [0.717, 1.165) is 57.2 Å². The largest absolute Gasteiger partial charge is 0.508 e. The average molecular weight is 461 g/mol. The third kappa shape index (κ3) is 4.69. The molecule has 1 aromatic rings. The summed E-state index contributed by atoms with van der Waals surface area (Å²) in [6.07, 6.45) is 3.06. The number of aromatic hydroxyl groups is 1. The summed E-state index contributed by atoms with van der Waals surface area (Å²) < 4.78 is 10.7. The summed E-state index contributed by atoms with van der Waals surface area (Å²) >= 11 is 0. The number of benzene rings is 1. The van der Waals surface area contributed by atoms with Crippen LogP contribution in [0.4, 0.5) is 0 Å². The zero-order valence-corrected chi connectivity index (χ0v) is 17.3. The van der Waals surface area contributed by atoms with Crippen molar-refractivity contribution in [2.45, 2.75) is 19.3 Å². The molecule has 1 unspecified atom stereocenters. The van der Waals surface area contributed by atoms with Gasteiger partial charge in [-0.2, -0.15) is 0 Å². The quantitative estimate of drug-likeness (QED) is 0.409. The van der Waals surface area contributed by atoms with E-state index in [9.17, 15) is 5.11 Å². The highest BCUT2D eigenvalue weighted by Gasteiger charge is 2.42. The number of guanidine groups is 1. The maximum absolute atomic E-state index is 10.0. The second-order valence-electron chi connectivity index (χ2n) is 6.69. The number of rotatable bonds is 4. The number of ether oxygens (including phenoxy) is 2. The smallest absolute Gasteiger partial charge is 0.193 e. The third-order valence-corrected chi connectivity index (χ3v) is 5.10. The number of nitrogens with zero attached hydrogens (tertiary/aromatic N) is 2. The molecule has 0 amide bonds. The predicted molar refractivity (Wildman–Crippen MR) is 109 cm³/mol. The second-order valence-corrected chi connectivity index (χ2v) is 6.69. The van der Waals surface area contributed by atoms with Crippen molar-refractivity contribution in [1.82, 2.24) is 10.2 Å². The van der Waals surface area contributed by atoms with Crippen LogP contribution in [0.3, 0.4) is 0 Å². The second kappa shape index (κ2) is 8.93. The molecule has 2 aliphatic rings. The van der Waals surface area contributed by atoms with Crippen molar-refractivity contribution in [3.63, 3.8) is 0 Å². The van der Waals surface area contributed by atoms with Crippen molar-refractivity contribution in [2.75, 3.05) is 47.0 Å². The Bertz CT molecular complexity index is 603. The molecule has 2 aliphatic heterocycles. The van der Waals surface area contributed by atoms with Crippen molar-refractivity contribution in [3.8, 4) is 11.5 Å². The first kappa shape index (κ1) is 20.1. The number of methoxy groups -OCH3 is 1. The molecule has 7 heteroatoms. The van der Waals surface area contributed by atoms with Gasteiger partial charge in [0.2, 0.25) is 0 Å². The van der Waals surface area contributed by atoms with Gasteiger partial charge in [-0.3, -0.25) is 4.99 Å². The van der Waals surface area contributed by atoms with Gasteiger partial charge < -0.3 is 24.8 Å². The summed E-state index contributed by atoms with van der Waals surface area (Å²) in [5, 5.41) is 13.4. The van der Waals surface area contributed by atoms with Gasteiger partial charge in [-0.1, -0.05) is 6.07 Å². The fraction of sp³-hybridized carbons (Fsp3) is 0.611. The van der Waals surface area contributed by atoms with Crippen LogP contribution in [-0.4, -0.2) is 63.0 Å². The molecule has 25 heavy (non-hydrogen) atoms. The van der Waals surface area contributed by atoms with Gasteiger partial charge in [-0.15, -0.1) is 24.0 Å². The molecule has 140 valence electrons. The highest BCUT2D eigenvalue weighted by molar-refractivity contribution is 14.0. The molecule has 0 radical (unpaired) electrons. The Morgan fingerprint density at radius 2 is 2.28 bits per heavy atom. The normalized spacial score (nSPS) is 23.0. The average Bonchev–Trinajstić information content (AvgIpc) is 3.23. The molecular formula is C18H28IN3O3. The summed E-state index contributed by atoms with van der Waals surface area (Å²) in [6.45, 7) is 4.53. The SMILES string of the molecule is CN=C(NCCc1ccc(OC)cc1O)N1CCC2(CCOC2)C1.I. The van der Waals surface area contributed by atoms with E-state index in [0.29, 0.717) is 11.2 Å². The van der Waals surface area contributed by atoms with E-state index in [2.05, 4.69) is 15.2 Å².